The van der Waals surface area contributed by atoms with Crippen LogP contribution in [0.5, 0.6) is 0 Å². The van der Waals surface area contributed by atoms with E-state index >= 15 is 0 Å². The molecule has 27 heavy (non-hydrogen) atoms. The Bertz CT molecular complexity index is 540. The Labute approximate surface area is 172 Å². The van der Waals surface area contributed by atoms with E-state index in [0.717, 1.165) is 11.4 Å². The summed E-state index contributed by atoms with van der Waals surface area (Å²) in [4.78, 5) is 23.6. The van der Waals surface area contributed by atoms with Crippen LogP contribution in [-0.2, 0) is 35.2 Å². The molecule has 0 bridgehead atoms. The quantitative estimate of drug-likeness (QED) is 0.509. The number of rotatable bonds is 4. The van der Waals surface area contributed by atoms with Gasteiger partial charge in [-0.3, -0.25) is 9.97 Å². The summed E-state index contributed by atoms with van der Waals surface area (Å²) >= 11 is 0. The molecule has 2 aromatic rings. The summed E-state index contributed by atoms with van der Waals surface area (Å²) in [6.07, 6.45) is 3.57. The molecule has 0 fully saturated rings. The average Bonchev–Trinajstić information content (AvgIpc) is 2.58. The molecule has 0 aromatic carbocycles. The SMILES string of the molecule is CCO[P+](=O)O.CCO[P+](=O)O.Cc1ccccn1.Cc1ccccn1.[Cu]. The maximum atomic E-state index is 9.53. The van der Waals surface area contributed by atoms with E-state index in [1.54, 1.807) is 26.2 Å². The second-order valence-corrected chi connectivity index (χ2v) is 5.72. The van der Waals surface area contributed by atoms with Gasteiger partial charge in [-0.2, -0.15) is 0 Å². The minimum Gasteiger partial charge on any atom is -0.262 e. The number of aryl methyl sites for hydroxylation is 2. The molecule has 2 aromatic heterocycles. The van der Waals surface area contributed by atoms with Gasteiger partial charge in [0.1, 0.15) is 13.2 Å². The fraction of sp³-hybridized carbons (Fsp3) is 0.375. The fourth-order valence-corrected chi connectivity index (χ4v) is 1.56. The van der Waals surface area contributed by atoms with Crippen LogP contribution in [0.15, 0.2) is 48.8 Å². The van der Waals surface area contributed by atoms with E-state index in [4.69, 9.17) is 9.79 Å². The van der Waals surface area contributed by atoms with Crippen molar-refractivity contribution in [2.75, 3.05) is 13.2 Å². The predicted octanol–water partition coefficient (Wildman–Crippen LogP) is 4.12. The van der Waals surface area contributed by atoms with Crippen molar-refractivity contribution >= 4 is 16.5 Å². The minimum absolute atomic E-state index is 0. The molecule has 0 spiro atoms. The van der Waals surface area contributed by atoms with Crippen LogP contribution in [0.25, 0.3) is 0 Å². The molecule has 2 atom stereocenters. The van der Waals surface area contributed by atoms with Crippen LogP contribution in [0.2, 0.25) is 0 Å². The average molecular weight is 468 g/mol. The Kier molecular flexibility index (Phi) is 25.9. The summed E-state index contributed by atoms with van der Waals surface area (Å²) in [5, 5.41) is 0. The molecule has 11 heteroatoms. The van der Waals surface area contributed by atoms with Crippen LogP contribution in [-0.4, -0.2) is 33.0 Å². The first-order valence-corrected chi connectivity index (χ1v) is 9.92. The van der Waals surface area contributed by atoms with Crippen molar-refractivity contribution < 1.29 is 45.0 Å². The maximum absolute atomic E-state index is 9.53. The third-order valence-corrected chi connectivity index (χ3v) is 3.06. The Balaban J connectivity index is -0.000000282. The second kappa shape index (κ2) is 22.9. The van der Waals surface area contributed by atoms with E-state index in [9.17, 15) is 9.13 Å². The first-order chi connectivity index (χ1) is 12.3. The molecule has 1 radical (unpaired) electrons. The van der Waals surface area contributed by atoms with E-state index in [1.807, 2.05) is 50.2 Å². The van der Waals surface area contributed by atoms with Gasteiger partial charge in [0.15, 0.2) is 0 Å². The first-order valence-electron chi connectivity index (χ1n) is 7.66. The normalized spacial score (nSPS) is 9.56. The van der Waals surface area contributed by atoms with Crippen molar-refractivity contribution in [3.63, 3.8) is 0 Å². The van der Waals surface area contributed by atoms with Crippen molar-refractivity contribution in [2.24, 2.45) is 0 Å². The summed E-state index contributed by atoms with van der Waals surface area (Å²) in [5.74, 6) is 0. The van der Waals surface area contributed by atoms with E-state index in [-0.39, 0.29) is 17.1 Å². The molecule has 155 valence electrons. The molecule has 2 unspecified atom stereocenters. The number of aromatic nitrogens is 2. The first kappa shape index (κ1) is 30.6. The number of hydrogen-bond acceptors (Lipinski definition) is 6. The molecule has 0 aliphatic heterocycles. The van der Waals surface area contributed by atoms with Gasteiger partial charge >= 0.3 is 16.5 Å². The molecule has 0 saturated carbocycles. The predicted molar refractivity (Wildman–Crippen MR) is 101 cm³/mol. The third-order valence-electron chi connectivity index (χ3n) is 2.10. The van der Waals surface area contributed by atoms with Gasteiger partial charge in [-0.25, -0.2) is 0 Å². The van der Waals surface area contributed by atoms with E-state index in [0.29, 0.717) is 13.2 Å². The van der Waals surface area contributed by atoms with Gasteiger partial charge in [0, 0.05) is 50.0 Å². The van der Waals surface area contributed by atoms with Crippen LogP contribution in [0.1, 0.15) is 25.2 Å². The molecule has 0 amide bonds. The summed E-state index contributed by atoms with van der Waals surface area (Å²) in [6, 6.07) is 11.7. The summed E-state index contributed by atoms with van der Waals surface area (Å²) in [7, 11) is -4.70. The van der Waals surface area contributed by atoms with Gasteiger partial charge in [-0.05, 0) is 52.0 Å². The van der Waals surface area contributed by atoms with Crippen LogP contribution in [0.3, 0.4) is 0 Å². The molecule has 0 saturated heterocycles. The molecular formula is C16H26CuN2O6P2+2. The fourth-order valence-electron chi connectivity index (χ4n) is 1.12. The van der Waals surface area contributed by atoms with Crippen molar-refractivity contribution in [3.05, 3.63) is 60.2 Å². The molecule has 2 heterocycles. The monoisotopic (exact) mass is 467 g/mol. The topological polar surface area (TPSA) is 119 Å². The minimum atomic E-state index is -2.35. The summed E-state index contributed by atoms with van der Waals surface area (Å²) in [6.45, 7) is 7.85. The molecule has 2 rings (SSSR count). The number of nitrogens with zero attached hydrogens (tertiary/aromatic N) is 2. The summed E-state index contributed by atoms with van der Waals surface area (Å²) < 4.78 is 27.3. The maximum Gasteiger partial charge on any atom is 0.694 e. The molecule has 0 aliphatic rings. The summed E-state index contributed by atoms with van der Waals surface area (Å²) in [5.41, 5.74) is 2.14. The number of pyridine rings is 2. The van der Waals surface area contributed by atoms with Crippen LogP contribution < -0.4 is 0 Å². The van der Waals surface area contributed by atoms with Crippen molar-refractivity contribution in [2.45, 2.75) is 27.7 Å². The second-order valence-electron chi connectivity index (χ2n) is 4.25. The van der Waals surface area contributed by atoms with Crippen molar-refractivity contribution in [3.8, 4) is 0 Å². The zero-order chi connectivity index (χ0) is 20.2. The molecular weight excluding hydrogens is 442 g/mol. The smallest absolute Gasteiger partial charge is 0.262 e. The Morgan fingerprint density at radius 1 is 0.815 bits per heavy atom. The van der Waals surface area contributed by atoms with Gasteiger partial charge in [-0.15, -0.1) is 18.8 Å². The largest absolute Gasteiger partial charge is 0.694 e. The van der Waals surface area contributed by atoms with Crippen molar-refractivity contribution in [1.29, 1.82) is 0 Å². The van der Waals surface area contributed by atoms with Crippen LogP contribution >= 0.6 is 16.5 Å². The van der Waals surface area contributed by atoms with Crippen LogP contribution in [0, 0.1) is 13.8 Å². The molecule has 0 aliphatic carbocycles. The van der Waals surface area contributed by atoms with Gasteiger partial charge in [0.05, 0.1) is 0 Å². The van der Waals surface area contributed by atoms with E-state index < -0.39 is 16.5 Å². The third kappa shape index (κ3) is 29.9. The zero-order valence-electron chi connectivity index (χ0n) is 15.7. The van der Waals surface area contributed by atoms with E-state index in [1.165, 1.54) is 0 Å². The Morgan fingerprint density at radius 3 is 1.22 bits per heavy atom. The Morgan fingerprint density at radius 2 is 1.15 bits per heavy atom. The molecule has 8 nitrogen and oxygen atoms in total. The van der Waals surface area contributed by atoms with Gasteiger partial charge in [0.2, 0.25) is 0 Å². The van der Waals surface area contributed by atoms with Gasteiger partial charge in [-0.1, -0.05) is 12.1 Å². The van der Waals surface area contributed by atoms with E-state index in [2.05, 4.69) is 19.0 Å². The van der Waals surface area contributed by atoms with Gasteiger partial charge < -0.3 is 0 Å². The number of hydrogen-bond donors (Lipinski definition) is 2. The standard InChI is InChI=1S/2C6H7N.2C2H5O3P.Cu/c2*1-6-4-2-3-5-7-6;2*1-2-5-6(3)4;/h2*2-5H,1H3;2*2H2,1H3;/p+2. The van der Waals surface area contributed by atoms with Gasteiger partial charge in [0.25, 0.3) is 0 Å². The molecule has 2 N–H and O–H groups in total. The van der Waals surface area contributed by atoms with Crippen LogP contribution in [0.4, 0.5) is 0 Å². The Hall–Kier alpha value is -1.14. The van der Waals surface area contributed by atoms with Crippen molar-refractivity contribution in [1.82, 2.24) is 9.97 Å². The zero-order valence-corrected chi connectivity index (χ0v) is 18.4.